The number of carboxylic acids is 1. The van der Waals surface area contributed by atoms with Crippen molar-refractivity contribution in [2.45, 2.75) is 26.2 Å². The Kier molecular flexibility index (Phi) is 5.12. The molecule has 0 spiro atoms. The minimum Gasteiger partial charge on any atom is -0.481 e. The maximum Gasteiger partial charge on any atom is 0.311 e. The Balaban J connectivity index is 1.94. The quantitative estimate of drug-likeness (QED) is 0.892. The van der Waals surface area contributed by atoms with E-state index in [4.69, 9.17) is 0 Å². The van der Waals surface area contributed by atoms with Crippen LogP contribution in [-0.4, -0.2) is 35.0 Å². The third kappa shape index (κ3) is 3.24. The predicted octanol–water partition coefficient (Wildman–Crippen LogP) is 3.78. The number of hydrogen-bond donors (Lipinski definition) is 1. The van der Waals surface area contributed by atoms with E-state index < -0.39 is 17.3 Å². The van der Waals surface area contributed by atoms with E-state index in [1.165, 1.54) is 0 Å². The lowest BCUT2D eigenvalue weighted by atomic mass is 9.76. The highest BCUT2D eigenvalue weighted by Gasteiger charge is 2.49. The highest BCUT2D eigenvalue weighted by Crippen LogP contribution is 2.40. The summed E-state index contributed by atoms with van der Waals surface area (Å²) in [5.74, 6) is -1.26. The zero-order valence-electron chi connectivity index (χ0n) is 15.3. The summed E-state index contributed by atoms with van der Waals surface area (Å²) in [6.45, 7) is 4.61. The summed E-state index contributed by atoms with van der Waals surface area (Å²) in [5.41, 5.74) is 1.01. The van der Waals surface area contributed by atoms with E-state index in [1.807, 2.05) is 74.5 Å². The third-order valence-corrected chi connectivity index (χ3v) is 5.66. The molecular formula is C22H25NO3. The number of likely N-dealkylation sites (tertiary alicyclic amines) is 1. The van der Waals surface area contributed by atoms with Gasteiger partial charge in [-0.1, -0.05) is 74.5 Å². The van der Waals surface area contributed by atoms with Crippen molar-refractivity contribution < 1.29 is 14.7 Å². The zero-order valence-corrected chi connectivity index (χ0v) is 15.3. The Hall–Kier alpha value is -2.62. The van der Waals surface area contributed by atoms with E-state index in [9.17, 15) is 14.7 Å². The standard InChI is InChI=1S/C22H25NO3/c1-16(2)22(21(25)26)13-14-23(15-22)20(24)19(17-9-5-3-6-10-17)18-11-7-4-8-12-18/h3-12,16,19H,13-15H2,1-2H3,(H,25,26). The minimum absolute atomic E-state index is 0.0221. The molecule has 136 valence electrons. The lowest BCUT2D eigenvalue weighted by Gasteiger charge is -2.30. The number of nitrogens with zero attached hydrogens (tertiary/aromatic N) is 1. The molecule has 1 N–H and O–H groups in total. The fourth-order valence-electron chi connectivity index (χ4n) is 3.87. The largest absolute Gasteiger partial charge is 0.481 e. The molecule has 0 bridgehead atoms. The van der Waals surface area contributed by atoms with Gasteiger partial charge >= 0.3 is 5.97 Å². The summed E-state index contributed by atoms with van der Waals surface area (Å²) in [5, 5.41) is 9.77. The van der Waals surface area contributed by atoms with Crippen LogP contribution in [0.3, 0.4) is 0 Å². The Morgan fingerprint density at radius 1 is 0.962 bits per heavy atom. The number of carboxylic acid groups (broad SMARTS) is 1. The molecule has 2 aromatic carbocycles. The first-order valence-electron chi connectivity index (χ1n) is 9.08. The maximum atomic E-state index is 13.4. The van der Waals surface area contributed by atoms with Gasteiger partial charge < -0.3 is 10.0 Å². The molecule has 0 aliphatic carbocycles. The van der Waals surface area contributed by atoms with Crippen LogP contribution in [0.4, 0.5) is 0 Å². The summed E-state index contributed by atoms with van der Waals surface area (Å²) in [7, 11) is 0. The molecular weight excluding hydrogens is 326 g/mol. The number of rotatable bonds is 5. The van der Waals surface area contributed by atoms with Crippen LogP contribution in [0.15, 0.2) is 60.7 Å². The van der Waals surface area contributed by atoms with E-state index >= 15 is 0 Å². The maximum absolute atomic E-state index is 13.4. The molecule has 26 heavy (non-hydrogen) atoms. The first kappa shape index (κ1) is 18.2. The number of amides is 1. The van der Waals surface area contributed by atoms with Crippen molar-refractivity contribution in [1.29, 1.82) is 0 Å². The molecule has 4 heteroatoms. The van der Waals surface area contributed by atoms with Gasteiger partial charge in [0.1, 0.15) is 0 Å². The number of aliphatic carboxylic acids is 1. The fourth-order valence-corrected chi connectivity index (χ4v) is 3.87. The smallest absolute Gasteiger partial charge is 0.311 e. The molecule has 1 aliphatic heterocycles. The van der Waals surface area contributed by atoms with Crippen molar-refractivity contribution in [3.05, 3.63) is 71.8 Å². The summed E-state index contributed by atoms with van der Waals surface area (Å²) in [6.07, 6.45) is 0.502. The highest BCUT2D eigenvalue weighted by atomic mass is 16.4. The lowest BCUT2D eigenvalue weighted by Crippen LogP contribution is -2.41. The van der Waals surface area contributed by atoms with E-state index in [2.05, 4.69) is 0 Å². The second-order valence-electron chi connectivity index (χ2n) is 7.38. The second kappa shape index (κ2) is 7.32. The van der Waals surface area contributed by atoms with Gasteiger partial charge in [0.25, 0.3) is 0 Å². The summed E-state index contributed by atoms with van der Waals surface area (Å²) in [4.78, 5) is 27.1. The predicted molar refractivity (Wildman–Crippen MR) is 101 cm³/mol. The number of benzene rings is 2. The van der Waals surface area contributed by atoms with Gasteiger partial charge in [-0.2, -0.15) is 0 Å². The zero-order chi connectivity index (χ0) is 18.7. The summed E-state index contributed by atoms with van der Waals surface area (Å²) < 4.78 is 0. The average molecular weight is 351 g/mol. The van der Waals surface area contributed by atoms with Crippen LogP contribution >= 0.6 is 0 Å². The van der Waals surface area contributed by atoms with Gasteiger partial charge in [-0.05, 0) is 23.5 Å². The monoisotopic (exact) mass is 351 g/mol. The van der Waals surface area contributed by atoms with Crippen molar-refractivity contribution >= 4 is 11.9 Å². The van der Waals surface area contributed by atoms with Crippen molar-refractivity contribution in [1.82, 2.24) is 4.90 Å². The van der Waals surface area contributed by atoms with Gasteiger partial charge in [-0.15, -0.1) is 0 Å². The molecule has 1 amide bonds. The van der Waals surface area contributed by atoms with Crippen LogP contribution < -0.4 is 0 Å². The van der Waals surface area contributed by atoms with E-state index in [-0.39, 0.29) is 18.4 Å². The first-order valence-corrected chi connectivity index (χ1v) is 9.08. The summed E-state index contributed by atoms with van der Waals surface area (Å²) in [6, 6.07) is 19.4. The highest BCUT2D eigenvalue weighted by molar-refractivity contribution is 5.88. The van der Waals surface area contributed by atoms with E-state index in [1.54, 1.807) is 4.90 Å². The van der Waals surface area contributed by atoms with Crippen LogP contribution in [0, 0.1) is 11.3 Å². The number of carbonyl (C=O) groups is 2. The second-order valence-corrected chi connectivity index (χ2v) is 7.38. The van der Waals surface area contributed by atoms with Crippen molar-refractivity contribution in [2.75, 3.05) is 13.1 Å². The molecule has 1 aliphatic rings. The molecule has 1 unspecified atom stereocenters. The van der Waals surface area contributed by atoms with Crippen LogP contribution in [0.1, 0.15) is 37.3 Å². The molecule has 0 aromatic heterocycles. The first-order chi connectivity index (χ1) is 12.5. The number of hydrogen-bond acceptors (Lipinski definition) is 2. The molecule has 4 nitrogen and oxygen atoms in total. The Labute approximate surface area is 154 Å². The van der Waals surface area contributed by atoms with Gasteiger partial charge in [-0.3, -0.25) is 9.59 Å². The topological polar surface area (TPSA) is 57.6 Å². The minimum atomic E-state index is -0.854. The van der Waals surface area contributed by atoms with Crippen LogP contribution in [0.25, 0.3) is 0 Å². The Morgan fingerprint density at radius 3 is 1.85 bits per heavy atom. The molecule has 0 radical (unpaired) electrons. The lowest BCUT2D eigenvalue weighted by molar-refractivity contribution is -0.151. The molecule has 1 saturated heterocycles. The molecule has 1 atom stereocenters. The molecule has 1 fully saturated rings. The fraction of sp³-hybridized carbons (Fsp3) is 0.364. The molecule has 0 saturated carbocycles. The van der Waals surface area contributed by atoms with E-state index in [0.29, 0.717) is 13.0 Å². The third-order valence-electron chi connectivity index (χ3n) is 5.66. The van der Waals surface area contributed by atoms with Gasteiger partial charge in [0.15, 0.2) is 0 Å². The van der Waals surface area contributed by atoms with Gasteiger partial charge in [0.05, 0.1) is 11.3 Å². The van der Waals surface area contributed by atoms with E-state index in [0.717, 1.165) is 11.1 Å². The molecule has 2 aromatic rings. The molecule has 3 rings (SSSR count). The van der Waals surface area contributed by atoms with Crippen LogP contribution in [0.2, 0.25) is 0 Å². The summed E-state index contributed by atoms with van der Waals surface area (Å²) >= 11 is 0. The van der Waals surface area contributed by atoms with Crippen LogP contribution in [0.5, 0.6) is 0 Å². The SMILES string of the molecule is CC(C)C1(C(=O)O)CCN(C(=O)C(c2ccccc2)c2ccccc2)C1. The normalized spacial score (nSPS) is 19.9. The van der Waals surface area contributed by atoms with Crippen molar-refractivity contribution in [3.63, 3.8) is 0 Å². The Bertz CT molecular complexity index is 733. The Morgan fingerprint density at radius 2 is 1.46 bits per heavy atom. The average Bonchev–Trinajstić information content (AvgIpc) is 3.11. The molecule has 1 heterocycles. The van der Waals surface area contributed by atoms with Crippen molar-refractivity contribution in [2.24, 2.45) is 11.3 Å². The van der Waals surface area contributed by atoms with Crippen molar-refractivity contribution in [3.8, 4) is 0 Å². The van der Waals surface area contributed by atoms with Gasteiger partial charge in [0, 0.05) is 13.1 Å². The van der Waals surface area contributed by atoms with Gasteiger partial charge in [-0.25, -0.2) is 0 Å². The van der Waals surface area contributed by atoms with Crippen LogP contribution in [-0.2, 0) is 9.59 Å². The number of carbonyl (C=O) groups excluding carboxylic acids is 1. The van der Waals surface area contributed by atoms with Gasteiger partial charge in [0.2, 0.25) is 5.91 Å².